The molecule has 124 valence electrons. The zero-order chi connectivity index (χ0) is 17.2. The zero-order valence-corrected chi connectivity index (χ0v) is 14.5. The Bertz CT molecular complexity index is 948. The first-order valence-electron chi connectivity index (χ1n) is 7.39. The molecule has 0 saturated carbocycles. The Morgan fingerprint density at radius 1 is 1.25 bits per heavy atom. The Labute approximate surface area is 141 Å². The number of hydrogen-bond donors (Lipinski definition) is 0. The Morgan fingerprint density at radius 2 is 2.08 bits per heavy atom. The highest BCUT2D eigenvalue weighted by atomic mass is 32.2. The molecule has 0 N–H and O–H groups in total. The Kier molecular flexibility index (Phi) is 4.40. The minimum absolute atomic E-state index is 0.622. The van der Waals surface area contributed by atoms with E-state index in [9.17, 15) is 4.21 Å². The van der Waals surface area contributed by atoms with Crippen LogP contribution >= 0.6 is 0 Å². The molecule has 0 radical (unpaired) electrons. The summed E-state index contributed by atoms with van der Waals surface area (Å²) in [5.41, 5.74) is 2.97. The second-order valence-electron chi connectivity index (χ2n) is 5.66. The van der Waals surface area contributed by atoms with Gasteiger partial charge in [-0.2, -0.15) is 5.10 Å². The molecule has 1 heterocycles. The fraction of sp³-hybridized carbons (Fsp3) is 0.167. The normalized spacial score (nSPS) is 13.4. The van der Waals surface area contributed by atoms with Gasteiger partial charge in [-0.1, -0.05) is 18.2 Å². The van der Waals surface area contributed by atoms with Gasteiger partial charge in [0.2, 0.25) is 0 Å². The third-order valence-corrected chi connectivity index (χ3v) is 4.97. The molecule has 1 aromatic heterocycles. The van der Waals surface area contributed by atoms with Crippen LogP contribution in [0.5, 0.6) is 5.75 Å². The molecule has 24 heavy (non-hydrogen) atoms. The number of rotatable bonds is 5. The Balaban J connectivity index is 2.05. The standard InChI is InChI=1S/C18H19N3O2S/c1-23-18-8-7-14(11-21-13-19-12-20-21)9-17(18)15-5-4-6-16(10-15)24(2,3)22/h4-10,12-13H,2,11H2,1,3H3. The van der Waals surface area contributed by atoms with Gasteiger partial charge >= 0.3 is 0 Å². The molecule has 0 bridgehead atoms. The van der Waals surface area contributed by atoms with Crippen molar-refractivity contribution in [3.05, 3.63) is 60.7 Å². The minimum atomic E-state index is -2.27. The fourth-order valence-electron chi connectivity index (χ4n) is 2.51. The quantitative estimate of drug-likeness (QED) is 0.670. The van der Waals surface area contributed by atoms with E-state index in [0.717, 1.165) is 27.3 Å². The van der Waals surface area contributed by atoms with E-state index in [4.69, 9.17) is 4.74 Å². The van der Waals surface area contributed by atoms with Gasteiger partial charge in [-0.3, -0.25) is 4.21 Å². The SMILES string of the molecule is C=S(C)(=O)c1cccc(-c2cc(Cn3cncn3)ccc2OC)c1. The van der Waals surface area contributed by atoms with Crippen molar-refractivity contribution in [3.8, 4) is 16.9 Å². The first-order chi connectivity index (χ1) is 11.5. The average molecular weight is 341 g/mol. The molecule has 1 unspecified atom stereocenters. The van der Waals surface area contributed by atoms with Crippen LogP contribution in [0.3, 0.4) is 0 Å². The van der Waals surface area contributed by atoms with E-state index < -0.39 is 9.52 Å². The number of nitrogens with zero attached hydrogens (tertiary/aromatic N) is 3. The molecular weight excluding hydrogens is 322 g/mol. The molecule has 0 aliphatic heterocycles. The van der Waals surface area contributed by atoms with Crippen molar-refractivity contribution in [2.75, 3.05) is 13.4 Å². The lowest BCUT2D eigenvalue weighted by Gasteiger charge is -2.13. The van der Waals surface area contributed by atoms with Gasteiger partial charge in [-0.25, -0.2) is 9.67 Å². The molecule has 3 rings (SSSR count). The first-order valence-corrected chi connectivity index (χ1v) is 9.53. The summed E-state index contributed by atoms with van der Waals surface area (Å²) in [5.74, 6) is 4.53. The topological polar surface area (TPSA) is 57.0 Å². The summed E-state index contributed by atoms with van der Waals surface area (Å²) >= 11 is 0. The molecule has 3 aromatic rings. The van der Waals surface area contributed by atoms with Crippen molar-refractivity contribution in [1.29, 1.82) is 0 Å². The van der Waals surface area contributed by atoms with Gasteiger partial charge in [0.1, 0.15) is 18.4 Å². The lowest BCUT2D eigenvalue weighted by atomic mass is 10.0. The van der Waals surface area contributed by atoms with Crippen LogP contribution in [0.1, 0.15) is 5.56 Å². The zero-order valence-electron chi connectivity index (χ0n) is 13.7. The predicted molar refractivity (Wildman–Crippen MR) is 97.0 cm³/mol. The molecule has 0 amide bonds. The number of aromatic nitrogens is 3. The van der Waals surface area contributed by atoms with Gasteiger partial charge in [-0.15, -0.1) is 0 Å². The van der Waals surface area contributed by atoms with E-state index in [1.807, 2.05) is 36.4 Å². The van der Waals surface area contributed by atoms with Crippen molar-refractivity contribution in [3.63, 3.8) is 0 Å². The summed E-state index contributed by atoms with van der Waals surface area (Å²) in [7, 11) is -0.624. The number of methoxy groups -OCH3 is 1. The van der Waals surface area contributed by atoms with Gasteiger partial charge < -0.3 is 4.74 Å². The van der Waals surface area contributed by atoms with E-state index in [2.05, 4.69) is 22.0 Å². The van der Waals surface area contributed by atoms with Crippen LogP contribution in [0, 0.1) is 0 Å². The van der Waals surface area contributed by atoms with Gasteiger partial charge in [0, 0.05) is 16.7 Å². The van der Waals surface area contributed by atoms with Crippen LogP contribution < -0.4 is 4.74 Å². The van der Waals surface area contributed by atoms with Gasteiger partial charge in [0.15, 0.2) is 0 Å². The molecule has 0 aliphatic rings. The highest BCUT2D eigenvalue weighted by molar-refractivity contribution is 7.99. The van der Waals surface area contributed by atoms with E-state index in [1.165, 1.54) is 6.33 Å². The highest BCUT2D eigenvalue weighted by Crippen LogP contribution is 2.32. The summed E-state index contributed by atoms with van der Waals surface area (Å²) in [5, 5.41) is 4.13. The molecule has 1 atom stereocenters. The maximum Gasteiger partial charge on any atom is 0.137 e. The second-order valence-corrected chi connectivity index (χ2v) is 8.14. The number of ether oxygens (including phenoxy) is 1. The minimum Gasteiger partial charge on any atom is -0.496 e. The van der Waals surface area contributed by atoms with Crippen molar-refractivity contribution in [2.24, 2.45) is 0 Å². The van der Waals surface area contributed by atoms with Crippen LogP contribution in [-0.2, 0) is 16.1 Å². The molecule has 0 spiro atoms. The molecule has 0 fully saturated rings. The molecule has 2 aromatic carbocycles. The number of benzene rings is 2. The maximum atomic E-state index is 12.2. The van der Waals surface area contributed by atoms with Crippen LogP contribution in [-0.4, -0.2) is 38.2 Å². The lowest BCUT2D eigenvalue weighted by Crippen LogP contribution is -2.01. The largest absolute Gasteiger partial charge is 0.496 e. The van der Waals surface area contributed by atoms with Crippen molar-refractivity contribution < 1.29 is 8.95 Å². The van der Waals surface area contributed by atoms with E-state index >= 15 is 0 Å². The van der Waals surface area contributed by atoms with Gasteiger partial charge in [0.05, 0.1) is 13.7 Å². The van der Waals surface area contributed by atoms with Crippen LogP contribution in [0.15, 0.2) is 60.0 Å². The second kappa shape index (κ2) is 6.49. The number of hydrogen-bond acceptors (Lipinski definition) is 4. The summed E-state index contributed by atoms with van der Waals surface area (Å²) in [6.45, 7) is 0.622. The Hall–Kier alpha value is -2.60. The predicted octanol–water partition coefficient (Wildman–Crippen LogP) is 2.71. The van der Waals surface area contributed by atoms with Gasteiger partial charge in [0.25, 0.3) is 0 Å². The first kappa shape index (κ1) is 16.3. The average Bonchev–Trinajstić information content (AvgIpc) is 3.07. The molecule has 0 saturated heterocycles. The van der Waals surface area contributed by atoms with Gasteiger partial charge in [-0.05, 0) is 50.8 Å². The monoisotopic (exact) mass is 341 g/mol. The van der Waals surface area contributed by atoms with E-state index in [-0.39, 0.29) is 0 Å². The fourth-order valence-corrected chi connectivity index (χ4v) is 3.26. The van der Waals surface area contributed by atoms with Crippen LogP contribution in [0.4, 0.5) is 0 Å². The van der Waals surface area contributed by atoms with Crippen LogP contribution in [0.2, 0.25) is 0 Å². The smallest absolute Gasteiger partial charge is 0.137 e. The third kappa shape index (κ3) is 3.49. The van der Waals surface area contributed by atoms with Crippen molar-refractivity contribution in [2.45, 2.75) is 11.4 Å². The third-order valence-electron chi connectivity index (χ3n) is 3.72. The Morgan fingerprint density at radius 3 is 2.75 bits per heavy atom. The molecule has 5 nitrogen and oxygen atoms in total. The van der Waals surface area contributed by atoms with E-state index in [0.29, 0.717) is 6.54 Å². The molecule has 6 heteroatoms. The maximum absolute atomic E-state index is 12.2. The molecule has 0 aliphatic carbocycles. The summed E-state index contributed by atoms with van der Waals surface area (Å²) in [6, 6.07) is 13.6. The highest BCUT2D eigenvalue weighted by Gasteiger charge is 2.10. The lowest BCUT2D eigenvalue weighted by molar-refractivity contribution is 0.416. The summed E-state index contributed by atoms with van der Waals surface area (Å²) in [6.07, 6.45) is 4.84. The van der Waals surface area contributed by atoms with Crippen molar-refractivity contribution >= 4 is 15.4 Å². The summed E-state index contributed by atoms with van der Waals surface area (Å²) in [4.78, 5) is 4.69. The van der Waals surface area contributed by atoms with E-state index in [1.54, 1.807) is 24.4 Å². The molecular formula is C18H19N3O2S. The summed E-state index contributed by atoms with van der Waals surface area (Å²) < 4.78 is 19.5. The van der Waals surface area contributed by atoms with Crippen molar-refractivity contribution in [1.82, 2.24) is 14.8 Å². The van der Waals surface area contributed by atoms with Crippen LogP contribution in [0.25, 0.3) is 11.1 Å².